The third kappa shape index (κ3) is 1.97. The van der Waals surface area contributed by atoms with Gasteiger partial charge in [0.1, 0.15) is 5.58 Å². The summed E-state index contributed by atoms with van der Waals surface area (Å²) in [6.07, 6.45) is 2.69. The summed E-state index contributed by atoms with van der Waals surface area (Å²) in [4.78, 5) is 0. The first-order valence-corrected chi connectivity index (χ1v) is 6.82. The molecule has 0 saturated carbocycles. The van der Waals surface area contributed by atoms with Crippen LogP contribution in [0.3, 0.4) is 0 Å². The molecule has 0 aliphatic carbocycles. The van der Waals surface area contributed by atoms with Crippen LogP contribution in [0.4, 0.5) is 0 Å². The number of furan rings is 1. The lowest BCUT2D eigenvalue weighted by Crippen LogP contribution is -1.88. The standard InChI is InChI=1S/C19H14O/c1-2-4-17-12-14(5-7-16(17)3-1)11-15-6-8-19-18(13-15)9-10-20-19/h1-10,12-13H,11H2. The van der Waals surface area contributed by atoms with Gasteiger partial charge in [-0.25, -0.2) is 0 Å². The van der Waals surface area contributed by atoms with E-state index >= 15 is 0 Å². The highest BCUT2D eigenvalue weighted by Gasteiger charge is 2.01. The van der Waals surface area contributed by atoms with E-state index in [0.717, 1.165) is 12.0 Å². The molecule has 0 unspecified atom stereocenters. The van der Waals surface area contributed by atoms with E-state index in [1.807, 2.05) is 12.1 Å². The molecule has 0 saturated heterocycles. The quantitative estimate of drug-likeness (QED) is 0.483. The van der Waals surface area contributed by atoms with Crippen LogP contribution in [0.1, 0.15) is 11.1 Å². The Morgan fingerprint density at radius 1 is 0.650 bits per heavy atom. The topological polar surface area (TPSA) is 13.1 Å². The molecular weight excluding hydrogens is 244 g/mol. The molecule has 0 aliphatic heterocycles. The molecule has 0 amide bonds. The molecule has 0 atom stereocenters. The summed E-state index contributed by atoms with van der Waals surface area (Å²) in [5, 5.41) is 3.76. The Kier molecular flexibility index (Phi) is 2.56. The first kappa shape index (κ1) is 11.3. The van der Waals surface area contributed by atoms with Crippen molar-refractivity contribution >= 4 is 21.7 Å². The predicted molar refractivity (Wildman–Crippen MR) is 83.0 cm³/mol. The van der Waals surface area contributed by atoms with Gasteiger partial charge in [-0.2, -0.15) is 0 Å². The van der Waals surface area contributed by atoms with Crippen LogP contribution in [0.2, 0.25) is 0 Å². The van der Waals surface area contributed by atoms with E-state index in [2.05, 4.69) is 54.6 Å². The maximum atomic E-state index is 5.38. The minimum absolute atomic E-state index is 0.950. The highest BCUT2D eigenvalue weighted by molar-refractivity contribution is 5.83. The van der Waals surface area contributed by atoms with Gasteiger partial charge in [-0.15, -0.1) is 0 Å². The number of hydrogen-bond donors (Lipinski definition) is 0. The second-order valence-corrected chi connectivity index (χ2v) is 5.15. The molecule has 0 fully saturated rings. The lowest BCUT2D eigenvalue weighted by molar-refractivity contribution is 0.616. The highest BCUT2D eigenvalue weighted by atomic mass is 16.3. The van der Waals surface area contributed by atoms with Gasteiger partial charge in [-0.3, -0.25) is 0 Å². The molecule has 1 nitrogen and oxygen atoms in total. The SMILES string of the molecule is c1ccc2cc(Cc3ccc4occc4c3)ccc2c1. The molecule has 20 heavy (non-hydrogen) atoms. The summed E-state index contributed by atoms with van der Waals surface area (Å²) in [5.41, 5.74) is 3.60. The van der Waals surface area contributed by atoms with Crippen molar-refractivity contribution in [2.24, 2.45) is 0 Å². The summed E-state index contributed by atoms with van der Waals surface area (Å²) < 4.78 is 5.38. The third-order valence-electron chi connectivity index (χ3n) is 3.74. The van der Waals surface area contributed by atoms with Crippen LogP contribution >= 0.6 is 0 Å². The molecule has 4 aromatic rings. The zero-order valence-corrected chi connectivity index (χ0v) is 11.0. The van der Waals surface area contributed by atoms with E-state index in [-0.39, 0.29) is 0 Å². The summed E-state index contributed by atoms with van der Waals surface area (Å²) in [7, 11) is 0. The largest absolute Gasteiger partial charge is 0.464 e. The zero-order chi connectivity index (χ0) is 13.4. The summed E-state index contributed by atoms with van der Waals surface area (Å²) in [6.45, 7) is 0. The third-order valence-corrected chi connectivity index (χ3v) is 3.74. The fourth-order valence-corrected chi connectivity index (χ4v) is 2.71. The molecule has 1 heteroatoms. The fraction of sp³-hybridized carbons (Fsp3) is 0.0526. The predicted octanol–water partition coefficient (Wildman–Crippen LogP) is 5.18. The van der Waals surface area contributed by atoms with Gasteiger partial charge in [0.2, 0.25) is 0 Å². The van der Waals surface area contributed by atoms with Gasteiger partial charge >= 0.3 is 0 Å². The molecular formula is C19H14O. The van der Waals surface area contributed by atoms with Crippen molar-refractivity contribution in [2.75, 3.05) is 0 Å². The second-order valence-electron chi connectivity index (χ2n) is 5.15. The van der Waals surface area contributed by atoms with Crippen molar-refractivity contribution in [2.45, 2.75) is 6.42 Å². The van der Waals surface area contributed by atoms with E-state index in [4.69, 9.17) is 4.42 Å². The smallest absolute Gasteiger partial charge is 0.133 e. The van der Waals surface area contributed by atoms with E-state index in [1.165, 1.54) is 27.3 Å². The van der Waals surface area contributed by atoms with Crippen molar-refractivity contribution in [1.29, 1.82) is 0 Å². The number of fused-ring (bicyclic) bond motifs is 2. The normalized spacial score (nSPS) is 11.2. The average Bonchev–Trinajstić information content (AvgIpc) is 2.95. The van der Waals surface area contributed by atoms with Gasteiger partial charge in [-0.1, -0.05) is 48.5 Å². The molecule has 4 rings (SSSR count). The average molecular weight is 258 g/mol. The maximum absolute atomic E-state index is 5.38. The lowest BCUT2D eigenvalue weighted by atomic mass is 10.0. The molecule has 0 radical (unpaired) electrons. The van der Waals surface area contributed by atoms with E-state index in [0.29, 0.717) is 0 Å². The molecule has 1 heterocycles. The van der Waals surface area contributed by atoms with Gasteiger partial charge in [0, 0.05) is 5.39 Å². The van der Waals surface area contributed by atoms with E-state index in [1.54, 1.807) is 6.26 Å². The minimum atomic E-state index is 0.950. The fourth-order valence-electron chi connectivity index (χ4n) is 2.71. The van der Waals surface area contributed by atoms with Crippen molar-refractivity contribution in [3.05, 3.63) is 84.1 Å². The lowest BCUT2D eigenvalue weighted by Gasteiger charge is -2.04. The number of benzene rings is 3. The molecule has 0 aliphatic rings. The molecule has 0 spiro atoms. The maximum Gasteiger partial charge on any atom is 0.133 e. The summed E-state index contributed by atoms with van der Waals surface area (Å²) in [5.74, 6) is 0. The Morgan fingerprint density at radius 2 is 1.40 bits per heavy atom. The Balaban J connectivity index is 1.72. The minimum Gasteiger partial charge on any atom is -0.464 e. The van der Waals surface area contributed by atoms with Gasteiger partial charge in [0.15, 0.2) is 0 Å². The van der Waals surface area contributed by atoms with Crippen LogP contribution in [-0.4, -0.2) is 0 Å². The summed E-state index contributed by atoms with van der Waals surface area (Å²) >= 11 is 0. The Hall–Kier alpha value is -2.54. The molecule has 96 valence electrons. The first-order chi connectivity index (χ1) is 9.88. The van der Waals surface area contributed by atoms with Crippen molar-refractivity contribution in [3.8, 4) is 0 Å². The Labute approximate surface area is 117 Å². The van der Waals surface area contributed by atoms with Gasteiger partial charge in [0.25, 0.3) is 0 Å². The first-order valence-electron chi connectivity index (χ1n) is 6.82. The van der Waals surface area contributed by atoms with Crippen LogP contribution in [0.25, 0.3) is 21.7 Å². The van der Waals surface area contributed by atoms with Crippen LogP contribution in [0.15, 0.2) is 77.4 Å². The van der Waals surface area contributed by atoms with Gasteiger partial charge in [0.05, 0.1) is 6.26 Å². The molecule has 0 N–H and O–H groups in total. The zero-order valence-electron chi connectivity index (χ0n) is 11.0. The van der Waals surface area contributed by atoms with Crippen LogP contribution in [0.5, 0.6) is 0 Å². The van der Waals surface area contributed by atoms with Crippen LogP contribution in [0, 0.1) is 0 Å². The molecule has 0 bridgehead atoms. The van der Waals surface area contributed by atoms with E-state index in [9.17, 15) is 0 Å². The highest BCUT2D eigenvalue weighted by Crippen LogP contribution is 2.21. The molecule has 3 aromatic carbocycles. The van der Waals surface area contributed by atoms with Crippen molar-refractivity contribution in [1.82, 2.24) is 0 Å². The summed E-state index contributed by atoms with van der Waals surface area (Å²) in [6, 6.07) is 23.6. The molecule has 1 aromatic heterocycles. The second kappa shape index (κ2) is 4.53. The van der Waals surface area contributed by atoms with Crippen LogP contribution < -0.4 is 0 Å². The number of hydrogen-bond acceptors (Lipinski definition) is 1. The van der Waals surface area contributed by atoms with Crippen molar-refractivity contribution in [3.63, 3.8) is 0 Å². The van der Waals surface area contributed by atoms with Gasteiger partial charge < -0.3 is 4.42 Å². The van der Waals surface area contributed by atoms with Crippen molar-refractivity contribution < 1.29 is 4.42 Å². The number of rotatable bonds is 2. The Bertz CT molecular complexity index is 886. The monoisotopic (exact) mass is 258 g/mol. The van der Waals surface area contributed by atoms with Crippen LogP contribution in [-0.2, 0) is 6.42 Å². The van der Waals surface area contributed by atoms with Gasteiger partial charge in [-0.05, 0) is 46.5 Å². The van der Waals surface area contributed by atoms with E-state index < -0.39 is 0 Å². The Morgan fingerprint density at radius 3 is 2.30 bits per heavy atom.